The van der Waals surface area contributed by atoms with Gasteiger partial charge >= 0.3 is 10.1 Å². The zero-order chi connectivity index (χ0) is 18.1. The molecule has 2 heterocycles. The van der Waals surface area contributed by atoms with Gasteiger partial charge in [0.15, 0.2) is 11.3 Å². The Morgan fingerprint density at radius 1 is 1.12 bits per heavy atom. The number of hydrogen-bond acceptors (Lipinski definition) is 6. The molecule has 0 bridgehead atoms. The van der Waals surface area contributed by atoms with Crippen molar-refractivity contribution in [2.24, 2.45) is 0 Å². The van der Waals surface area contributed by atoms with Crippen LogP contribution in [0, 0.1) is 0 Å². The molecule has 1 aliphatic rings. The minimum atomic E-state index is -4.03. The van der Waals surface area contributed by atoms with Gasteiger partial charge in [-0.1, -0.05) is 23.7 Å². The molecule has 2 aromatic carbocycles. The van der Waals surface area contributed by atoms with Gasteiger partial charge in [-0.25, -0.2) is 0 Å². The molecule has 6 nitrogen and oxygen atoms in total. The molecular weight excluding hydrogens is 376 g/mol. The molecule has 0 radical (unpaired) electrons. The standard InChI is InChI=1S/C18H17ClN2O4S/c19-15-3-1-2-4-17(15)25-26(22,23)14-11-13-5-10-24-18(13)16(12-14)21-8-6-20-7-9-21/h1-5,10-12,20H,6-9H2. The molecule has 0 spiro atoms. The largest absolute Gasteiger partial charge is 0.462 e. The van der Waals surface area contributed by atoms with Gasteiger partial charge in [0.05, 0.1) is 17.0 Å². The van der Waals surface area contributed by atoms with Gasteiger partial charge in [0.2, 0.25) is 0 Å². The van der Waals surface area contributed by atoms with Gasteiger partial charge in [0.1, 0.15) is 4.90 Å². The highest BCUT2D eigenvalue weighted by Crippen LogP contribution is 2.33. The van der Waals surface area contributed by atoms with Gasteiger partial charge in [-0.15, -0.1) is 0 Å². The second-order valence-corrected chi connectivity index (χ2v) is 7.94. The first-order valence-corrected chi connectivity index (χ1v) is 9.99. The van der Waals surface area contributed by atoms with Crippen LogP contribution < -0.4 is 14.4 Å². The van der Waals surface area contributed by atoms with E-state index in [4.69, 9.17) is 20.2 Å². The lowest BCUT2D eigenvalue weighted by atomic mass is 10.2. The van der Waals surface area contributed by atoms with Crippen molar-refractivity contribution in [2.45, 2.75) is 4.90 Å². The van der Waals surface area contributed by atoms with E-state index >= 15 is 0 Å². The molecule has 136 valence electrons. The van der Waals surface area contributed by atoms with Crippen molar-refractivity contribution in [1.29, 1.82) is 0 Å². The monoisotopic (exact) mass is 392 g/mol. The molecule has 3 aromatic rings. The van der Waals surface area contributed by atoms with E-state index in [1.54, 1.807) is 42.7 Å². The number of furan rings is 1. The van der Waals surface area contributed by atoms with Gasteiger partial charge < -0.3 is 18.8 Å². The molecule has 1 aliphatic heterocycles. The Morgan fingerprint density at radius 2 is 1.88 bits per heavy atom. The van der Waals surface area contributed by atoms with E-state index in [2.05, 4.69) is 10.2 Å². The SMILES string of the molecule is O=S(=O)(Oc1ccccc1Cl)c1cc(N2CCNCC2)c2occc2c1. The van der Waals surface area contributed by atoms with Crippen LogP contribution in [0.25, 0.3) is 11.0 Å². The molecule has 0 unspecified atom stereocenters. The average Bonchev–Trinajstić information content (AvgIpc) is 3.12. The minimum absolute atomic E-state index is 0.0693. The summed E-state index contributed by atoms with van der Waals surface area (Å²) in [6, 6.07) is 11.4. The van der Waals surface area contributed by atoms with Crippen LogP contribution in [-0.4, -0.2) is 34.6 Å². The maximum atomic E-state index is 12.8. The van der Waals surface area contributed by atoms with Gasteiger partial charge in [0.25, 0.3) is 0 Å². The number of anilines is 1. The summed E-state index contributed by atoms with van der Waals surface area (Å²) in [5.41, 5.74) is 1.42. The van der Waals surface area contributed by atoms with Crippen molar-refractivity contribution in [3.63, 3.8) is 0 Å². The summed E-state index contributed by atoms with van der Waals surface area (Å²) in [5.74, 6) is 0.102. The Kier molecular flexibility index (Phi) is 4.52. The third-order valence-corrected chi connectivity index (χ3v) is 5.81. The maximum Gasteiger partial charge on any atom is 0.339 e. The predicted molar refractivity (Wildman–Crippen MR) is 101 cm³/mol. The highest BCUT2D eigenvalue weighted by molar-refractivity contribution is 7.87. The van der Waals surface area contributed by atoms with Crippen molar-refractivity contribution in [3.8, 4) is 5.75 Å². The van der Waals surface area contributed by atoms with E-state index < -0.39 is 10.1 Å². The van der Waals surface area contributed by atoms with E-state index in [1.165, 1.54) is 6.07 Å². The summed E-state index contributed by atoms with van der Waals surface area (Å²) < 4.78 is 36.5. The molecule has 0 amide bonds. The Labute approximate surface area is 156 Å². The van der Waals surface area contributed by atoms with Crippen LogP contribution in [0.3, 0.4) is 0 Å². The Morgan fingerprint density at radius 3 is 2.65 bits per heavy atom. The van der Waals surface area contributed by atoms with Crippen LogP contribution in [0.5, 0.6) is 5.75 Å². The van der Waals surface area contributed by atoms with Crippen molar-refractivity contribution < 1.29 is 17.0 Å². The fourth-order valence-electron chi connectivity index (χ4n) is 3.00. The molecule has 1 N–H and O–H groups in total. The molecule has 4 rings (SSSR count). The molecule has 1 saturated heterocycles. The lowest BCUT2D eigenvalue weighted by Crippen LogP contribution is -2.43. The lowest BCUT2D eigenvalue weighted by molar-refractivity contribution is 0.486. The number of halogens is 1. The first kappa shape index (κ1) is 17.2. The highest BCUT2D eigenvalue weighted by atomic mass is 35.5. The van der Waals surface area contributed by atoms with Crippen molar-refractivity contribution >= 4 is 38.4 Å². The summed E-state index contributed by atoms with van der Waals surface area (Å²) in [5, 5.41) is 4.23. The fourth-order valence-corrected chi connectivity index (χ4v) is 4.23. The second-order valence-electron chi connectivity index (χ2n) is 5.99. The summed E-state index contributed by atoms with van der Waals surface area (Å²) in [6.07, 6.45) is 1.56. The Hall–Kier alpha value is -2.22. The van der Waals surface area contributed by atoms with Crippen LogP contribution in [0.1, 0.15) is 0 Å². The number of piperazine rings is 1. The Balaban J connectivity index is 1.77. The maximum absolute atomic E-state index is 12.8. The Bertz CT molecular complexity index is 1040. The fraction of sp³-hybridized carbons (Fsp3) is 0.222. The van der Waals surface area contributed by atoms with E-state index in [-0.39, 0.29) is 15.7 Å². The van der Waals surface area contributed by atoms with Crippen LogP contribution in [0.4, 0.5) is 5.69 Å². The summed E-state index contributed by atoms with van der Waals surface area (Å²) in [7, 11) is -4.03. The summed E-state index contributed by atoms with van der Waals surface area (Å²) >= 11 is 6.03. The van der Waals surface area contributed by atoms with E-state index in [9.17, 15) is 8.42 Å². The zero-order valence-electron chi connectivity index (χ0n) is 13.8. The van der Waals surface area contributed by atoms with Crippen LogP contribution >= 0.6 is 11.6 Å². The van der Waals surface area contributed by atoms with Gasteiger partial charge in [-0.2, -0.15) is 8.42 Å². The molecule has 0 atom stereocenters. The second kappa shape index (κ2) is 6.83. The molecule has 0 saturated carbocycles. The normalized spacial score (nSPS) is 15.3. The van der Waals surface area contributed by atoms with E-state index in [0.717, 1.165) is 31.9 Å². The quantitative estimate of drug-likeness (QED) is 0.687. The lowest BCUT2D eigenvalue weighted by Gasteiger charge is -2.29. The number of benzene rings is 2. The number of rotatable bonds is 4. The van der Waals surface area contributed by atoms with E-state index in [0.29, 0.717) is 11.0 Å². The van der Waals surface area contributed by atoms with Gasteiger partial charge in [0, 0.05) is 31.6 Å². The third kappa shape index (κ3) is 3.25. The summed E-state index contributed by atoms with van der Waals surface area (Å²) in [4.78, 5) is 2.18. The first-order chi connectivity index (χ1) is 12.5. The highest BCUT2D eigenvalue weighted by Gasteiger charge is 2.24. The predicted octanol–water partition coefficient (Wildman–Crippen LogP) is 3.26. The summed E-state index contributed by atoms with van der Waals surface area (Å²) in [6.45, 7) is 3.19. The number of para-hydroxylation sites is 1. The molecule has 1 aromatic heterocycles. The number of nitrogens with one attached hydrogen (secondary N) is 1. The van der Waals surface area contributed by atoms with Crippen LogP contribution in [0.15, 0.2) is 58.0 Å². The average molecular weight is 393 g/mol. The van der Waals surface area contributed by atoms with E-state index in [1.807, 2.05) is 0 Å². The molecule has 0 aliphatic carbocycles. The topological polar surface area (TPSA) is 71.8 Å². The molecular formula is C18H17ClN2O4S. The van der Waals surface area contributed by atoms with Crippen LogP contribution in [-0.2, 0) is 10.1 Å². The van der Waals surface area contributed by atoms with Gasteiger partial charge in [-0.3, -0.25) is 0 Å². The zero-order valence-corrected chi connectivity index (χ0v) is 15.4. The van der Waals surface area contributed by atoms with Crippen molar-refractivity contribution in [3.05, 3.63) is 53.8 Å². The van der Waals surface area contributed by atoms with Crippen molar-refractivity contribution in [1.82, 2.24) is 5.32 Å². The minimum Gasteiger partial charge on any atom is -0.462 e. The molecule has 26 heavy (non-hydrogen) atoms. The number of nitrogens with zero attached hydrogens (tertiary/aromatic N) is 1. The van der Waals surface area contributed by atoms with Crippen LogP contribution in [0.2, 0.25) is 5.02 Å². The smallest absolute Gasteiger partial charge is 0.339 e. The van der Waals surface area contributed by atoms with Gasteiger partial charge in [-0.05, 0) is 30.3 Å². The number of hydrogen-bond donors (Lipinski definition) is 1. The molecule has 1 fully saturated rings. The third-order valence-electron chi connectivity index (χ3n) is 4.29. The number of fused-ring (bicyclic) bond motifs is 1. The first-order valence-electron chi connectivity index (χ1n) is 8.20. The molecule has 8 heteroatoms. The van der Waals surface area contributed by atoms with Crippen molar-refractivity contribution in [2.75, 3.05) is 31.1 Å².